The molecule has 0 bridgehead atoms. The highest BCUT2D eigenvalue weighted by molar-refractivity contribution is 8.97. The van der Waals surface area contributed by atoms with Crippen LogP contribution in [0.5, 0.6) is 0 Å². The molecule has 106 valence electrons. The number of hydrogen-bond donors (Lipinski definition) is 0. The topological polar surface area (TPSA) is 44.8 Å². The number of benzene rings is 1. The molecule has 0 radical (unpaired) electrons. The molecule has 0 heterocycles. The average Bonchev–Trinajstić information content (AvgIpc) is 2.42. The number of carbonyl (C=O) groups excluding carboxylic acids is 1. The predicted octanol–water partition coefficient (Wildman–Crippen LogP) is 4.05. The third-order valence-electron chi connectivity index (χ3n) is 2.10. The highest BCUT2D eigenvalue weighted by Crippen LogP contribution is 2.59. The van der Waals surface area contributed by atoms with Crippen LogP contribution in [0.15, 0.2) is 29.2 Å². The Balaban J connectivity index is 2.64. The largest absolute Gasteiger partial charge is 0.466 e. The van der Waals surface area contributed by atoms with Crippen molar-refractivity contribution in [2.75, 3.05) is 20.8 Å². The molecule has 7 heteroatoms. The Morgan fingerprint density at radius 1 is 1.26 bits per heavy atom. The van der Waals surface area contributed by atoms with Crippen LogP contribution in [0, 0.1) is 0 Å². The van der Waals surface area contributed by atoms with Gasteiger partial charge in [0.1, 0.15) is 0 Å². The van der Waals surface area contributed by atoms with Crippen molar-refractivity contribution in [1.82, 2.24) is 0 Å². The zero-order valence-electron chi connectivity index (χ0n) is 11.1. The van der Waals surface area contributed by atoms with E-state index in [4.69, 9.17) is 13.8 Å². The standard InChI is InChI=1S/C12H17O4PS2/c1-4-16-12(13)9-10-7-5-6-8-11(10)18-19-17(14-2)15-3/h5-8H,4,9H2,1-3H3. The minimum Gasteiger partial charge on any atom is -0.466 e. The first-order valence-electron chi connectivity index (χ1n) is 5.67. The van der Waals surface area contributed by atoms with Crippen LogP contribution in [0.4, 0.5) is 0 Å². The zero-order valence-corrected chi connectivity index (χ0v) is 13.6. The van der Waals surface area contributed by atoms with E-state index in [1.807, 2.05) is 24.3 Å². The van der Waals surface area contributed by atoms with Gasteiger partial charge in [0.2, 0.25) is 7.58 Å². The second kappa shape index (κ2) is 9.61. The van der Waals surface area contributed by atoms with Gasteiger partial charge in [-0.05, 0) is 39.8 Å². The molecular formula is C12H17O4PS2. The molecule has 0 unspecified atom stereocenters. The number of carbonyl (C=O) groups is 1. The molecule has 0 aliphatic carbocycles. The second-order valence-corrected chi connectivity index (χ2v) is 8.45. The molecule has 0 aromatic heterocycles. The Kier molecular flexibility index (Phi) is 8.50. The molecule has 0 fully saturated rings. The maximum Gasteiger partial charge on any atom is 0.310 e. The van der Waals surface area contributed by atoms with Gasteiger partial charge >= 0.3 is 5.97 Å². The third-order valence-corrected chi connectivity index (χ3v) is 7.26. The lowest BCUT2D eigenvalue weighted by atomic mass is 10.1. The van der Waals surface area contributed by atoms with Crippen molar-refractivity contribution >= 4 is 34.8 Å². The van der Waals surface area contributed by atoms with E-state index >= 15 is 0 Å². The fourth-order valence-electron chi connectivity index (χ4n) is 1.30. The molecule has 0 aliphatic rings. The monoisotopic (exact) mass is 320 g/mol. The summed E-state index contributed by atoms with van der Waals surface area (Å²) in [5, 5.41) is 0. The van der Waals surface area contributed by atoms with Crippen molar-refractivity contribution < 1.29 is 18.6 Å². The predicted molar refractivity (Wildman–Crippen MR) is 81.2 cm³/mol. The van der Waals surface area contributed by atoms with Crippen molar-refractivity contribution in [3.05, 3.63) is 29.8 Å². The summed E-state index contributed by atoms with van der Waals surface area (Å²) >= 11 is 0. The Morgan fingerprint density at radius 3 is 2.58 bits per heavy atom. The van der Waals surface area contributed by atoms with Gasteiger partial charge in [0.15, 0.2) is 0 Å². The molecule has 19 heavy (non-hydrogen) atoms. The summed E-state index contributed by atoms with van der Waals surface area (Å²) in [6, 6.07) is 7.77. The molecule has 4 nitrogen and oxygen atoms in total. The summed E-state index contributed by atoms with van der Waals surface area (Å²) in [4.78, 5) is 12.6. The SMILES string of the molecule is CCOC(=O)Cc1ccccc1SSP(OC)OC. The molecule has 0 N–H and O–H groups in total. The zero-order chi connectivity index (χ0) is 14.1. The summed E-state index contributed by atoms with van der Waals surface area (Å²) < 4.78 is 15.3. The summed E-state index contributed by atoms with van der Waals surface area (Å²) in [7, 11) is 5.35. The number of ether oxygens (including phenoxy) is 1. The Labute approximate surface area is 122 Å². The average molecular weight is 320 g/mol. The van der Waals surface area contributed by atoms with Crippen molar-refractivity contribution in [2.24, 2.45) is 0 Å². The third kappa shape index (κ3) is 6.15. The number of rotatable bonds is 8. The van der Waals surface area contributed by atoms with Crippen molar-refractivity contribution in [3.8, 4) is 0 Å². The van der Waals surface area contributed by atoms with Crippen LogP contribution in [0.25, 0.3) is 0 Å². The first kappa shape index (κ1) is 16.8. The van der Waals surface area contributed by atoms with E-state index < -0.39 is 7.58 Å². The maximum atomic E-state index is 11.5. The van der Waals surface area contributed by atoms with E-state index in [0.717, 1.165) is 10.5 Å². The fraction of sp³-hybridized carbons (Fsp3) is 0.417. The van der Waals surface area contributed by atoms with E-state index in [1.54, 1.807) is 31.9 Å². The van der Waals surface area contributed by atoms with Crippen LogP contribution in [-0.2, 0) is 25.0 Å². The fourth-order valence-corrected chi connectivity index (χ4v) is 5.74. The normalized spacial score (nSPS) is 10.7. The summed E-state index contributed by atoms with van der Waals surface area (Å²) in [5.41, 5.74) is 0.959. The number of esters is 1. The maximum absolute atomic E-state index is 11.5. The minimum atomic E-state index is -0.956. The lowest BCUT2D eigenvalue weighted by molar-refractivity contribution is -0.142. The summed E-state index contributed by atoms with van der Waals surface area (Å²) in [5.74, 6) is -0.207. The highest BCUT2D eigenvalue weighted by Gasteiger charge is 2.13. The van der Waals surface area contributed by atoms with Crippen LogP contribution >= 0.6 is 28.8 Å². The quantitative estimate of drug-likeness (QED) is 0.409. The lowest BCUT2D eigenvalue weighted by Gasteiger charge is -2.12. The molecule has 0 saturated carbocycles. The second-order valence-electron chi connectivity index (χ2n) is 3.34. The van der Waals surface area contributed by atoms with Crippen LogP contribution in [0.3, 0.4) is 0 Å². The molecular weight excluding hydrogens is 303 g/mol. The Bertz CT molecular complexity index is 399. The van der Waals surface area contributed by atoms with Gasteiger partial charge in [-0.3, -0.25) is 4.79 Å². The van der Waals surface area contributed by atoms with Gasteiger partial charge in [0, 0.05) is 19.1 Å². The molecule has 1 aromatic carbocycles. The van der Waals surface area contributed by atoms with Crippen LogP contribution in [-0.4, -0.2) is 26.8 Å². The van der Waals surface area contributed by atoms with Gasteiger partial charge in [-0.2, -0.15) is 0 Å². The van der Waals surface area contributed by atoms with Gasteiger partial charge in [-0.15, -0.1) is 0 Å². The Hall–Kier alpha value is -0.260. The van der Waals surface area contributed by atoms with Crippen molar-refractivity contribution in [3.63, 3.8) is 0 Å². The molecule has 0 spiro atoms. The molecule has 0 atom stereocenters. The van der Waals surface area contributed by atoms with Gasteiger partial charge < -0.3 is 13.8 Å². The molecule has 1 rings (SSSR count). The van der Waals surface area contributed by atoms with Gasteiger partial charge in [0.05, 0.1) is 13.0 Å². The minimum absolute atomic E-state index is 0.207. The van der Waals surface area contributed by atoms with E-state index in [1.165, 1.54) is 10.4 Å². The van der Waals surface area contributed by atoms with Crippen LogP contribution in [0.1, 0.15) is 12.5 Å². The molecule has 0 amide bonds. The molecule has 1 aromatic rings. The van der Waals surface area contributed by atoms with E-state index in [0.29, 0.717) is 6.61 Å². The molecule has 0 saturated heterocycles. The van der Waals surface area contributed by atoms with Gasteiger partial charge in [0.25, 0.3) is 0 Å². The highest BCUT2D eigenvalue weighted by atomic mass is 33.3. The Morgan fingerprint density at radius 2 is 1.95 bits per heavy atom. The van der Waals surface area contributed by atoms with Crippen molar-refractivity contribution in [2.45, 2.75) is 18.2 Å². The number of hydrogen-bond acceptors (Lipinski definition) is 6. The molecule has 0 aliphatic heterocycles. The van der Waals surface area contributed by atoms with Gasteiger partial charge in [-0.25, -0.2) is 0 Å². The van der Waals surface area contributed by atoms with Crippen LogP contribution in [0.2, 0.25) is 0 Å². The van der Waals surface area contributed by atoms with E-state index in [9.17, 15) is 4.79 Å². The summed E-state index contributed by atoms with van der Waals surface area (Å²) in [6.45, 7) is 2.21. The first-order valence-corrected chi connectivity index (χ1v) is 9.61. The smallest absolute Gasteiger partial charge is 0.310 e. The van der Waals surface area contributed by atoms with Gasteiger partial charge in [-0.1, -0.05) is 18.2 Å². The first-order chi connectivity index (χ1) is 9.21. The van der Waals surface area contributed by atoms with E-state index in [-0.39, 0.29) is 12.4 Å². The van der Waals surface area contributed by atoms with E-state index in [2.05, 4.69) is 0 Å². The summed E-state index contributed by atoms with van der Waals surface area (Å²) in [6.07, 6.45) is 0.287. The lowest BCUT2D eigenvalue weighted by Crippen LogP contribution is -2.07. The van der Waals surface area contributed by atoms with Crippen molar-refractivity contribution in [1.29, 1.82) is 0 Å². The van der Waals surface area contributed by atoms with Crippen LogP contribution < -0.4 is 0 Å².